The molecule has 0 unspecified atom stereocenters. The molecule has 3 aromatic carbocycles. The van der Waals surface area contributed by atoms with Gasteiger partial charge in [-0.2, -0.15) is 0 Å². The fourth-order valence-corrected chi connectivity index (χ4v) is 3.72. The first kappa shape index (κ1) is 20.7. The van der Waals surface area contributed by atoms with Gasteiger partial charge in [0, 0.05) is 21.8 Å². The number of hydrogen-bond acceptors (Lipinski definition) is 3. The summed E-state index contributed by atoms with van der Waals surface area (Å²) in [6.45, 7) is 6.00. The van der Waals surface area contributed by atoms with E-state index in [0.717, 1.165) is 27.3 Å². The van der Waals surface area contributed by atoms with Gasteiger partial charge in [-0.05, 0) is 74.4 Å². The zero-order chi connectivity index (χ0) is 20.8. The van der Waals surface area contributed by atoms with Gasteiger partial charge in [-0.1, -0.05) is 29.8 Å². The van der Waals surface area contributed by atoms with Crippen molar-refractivity contribution >= 4 is 35.0 Å². The summed E-state index contributed by atoms with van der Waals surface area (Å²) in [5.74, 6) is 0.0799. The predicted octanol–water partition coefficient (Wildman–Crippen LogP) is 5.59. The lowest BCUT2D eigenvalue weighted by atomic mass is 10.1. The lowest BCUT2D eigenvalue weighted by molar-refractivity contribution is -0.113. The Morgan fingerprint density at radius 3 is 2.14 bits per heavy atom. The molecule has 0 aliphatic rings. The molecule has 148 valence electrons. The van der Waals surface area contributed by atoms with Crippen molar-refractivity contribution < 1.29 is 9.59 Å². The molecule has 29 heavy (non-hydrogen) atoms. The first-order valence-corrected chi connectivity index (χ1v) is 10.4. The van der Waals surface area contributed by atoms with Crippen molar-refractivity contribution in [3.05, 3.63) is 89.0 Å². The van der Waals surface area contributed by atoms with Crippen LogP contribution in [-0.2, 0) is 4.79 Å². The molecule has 0 fully saturated rings. The largest absolute Gasteiger partial charge is 0.325 e. The molecular formula is C24H24N2O2S. The van der Waals surface area contributed by atoms with Gasteiger partial charge in [0.2, 0.25) is 5.91 Å². The minimum atomic E-state index is -0.153. The molecule has 0 radical (unpaired) electrons. The first-order valence-electron chi connectivity index (χ1n) is 9.38. The van der Waals surface area contributed by atoms with Gasteiger partial charge in [0.1, 0.15) is 0 Å². The fraction of sp³-hybridized carbons (Fsp3) is 0.167. The summed E-state index contributed by atoms with van der Waals surface area (Å²) in [5, 5.41) is 5.84. The highest BCUT2D eigenvalue weighted by molar-refractivity contribution is 8.00. The Kier molecular flexibility index (Phi) is 6.73. The van der Waals surface area contributed by atoms with Crippen LogP contribution in [0.3, 0.4) is 0 Å². The smallest absolute Gasteiger partial charge is 0.255 e. The SMILES string of the molecule is Cc1ccc(C(=O)Nc2cccc(SCC(=O)Nc3cc(C)cc(C)c3)c2)cc1. The van der Waals surface area contributed by atoms with E-state index in [-0.39, 0.29) is 11.8 Å². The maximum atomic E-state index is 12.4. The van der Waals surface area contributed by atoms with E-state index < -0.39 is 0 Å². The highest BCUT2D eigenvalue weighted by Crippen LogP contribution is 2.23. The van der Waals surface area contributed by atoms with E-state index in [1.807, 2.05) is 69.3 Å². The number of carbonyl (C=O) groups is 2. The Morgan fingerprint density at radius 2 is 1.45 bits per heavy atom. The van der Waals surface area contributed by atoms with Crippen LogP contribution in [0.5, 0.6) is 0 Å². The van der Waals surface area contributed by atoms with Crippen LogP contribution in [-0.4, -0.2) is 17.6 Å². The zero-order valence-electron chi connectivity index (χ0n) is 16.8. The summed E-state index contributed by atoms with van der Waals surface area (Å²) in [6, 6.07) is 20.9. The minimum Gasteiger partial charge on any atom is -0.325 e. The van der Waals surface area contributed by atoms with E-state index in [4.69, 9.17) is 0 Å². The lowest BCUT2D eigenvalue weighted by Crippen LogP contribution is -2.14. The molecule has 5 heteroatoms. The Bertz CT molecular complexity index is 1010. The number of thioether (sulfide) groups is 1. The van der Waals surface area contributed by atoms with Crippen molar-refractivity contribution in [2.45, 2.75) is 25.7 Å². The van der Waals surface area contributed by atoms with Gasteiger partial charge in [-0.3, -0.25) is 9.59 Å². The first-order chi connectivity index (χ1) is 13.9. The summed E-state index contributed by atoms with van der Waals surface area (Å²) in [4.78, 5) is 25.6. The zero-order valence-corrected chi connectivity index (χ0v) is 17.6. The van der Waals surface area contributed by atoms with Gasteiger partial charge in [0.25, 0.3) is 5.91 Å². The third kappa shape index (κ3) is 6.22. The van der Waals surface area contributed by atoms with Crippen LogP contribution in [0.1, 0.15) is 27.0 Å². The molecule has 0 spiro atoms. The molecule has 3 rings (SSSR count). The number of carbonyl (C=O) groups excluding carboxylic acids is 2. The highest BCUT2D eigenvalue weighted by atomic mass is 32.2. The van der Waals surface area contributed by atoms with Crippen LogP contribution in [0.2, 0.25) is 0 Å². The van der Waals surface area contributed by atoms with Crippen molar-refractivity contribution in [3.8, 4) is 0 Å². The molecule has 3 aromatic rings. The van der Waals surface area contributed by atoms with Crippen LogP contribution in [0.4, 0.5) is 11.4 Å². The van der Waals surface area contributed by atoms with Crippen molar-refractivity contribution in [2.75, 3.05) is 16.4 Å². The maximum absolute atomic E-state index is 12.4. The number of benzene rings is 3. The molecule has 0 heterocycles. The third-order valence-electron chi connectivity index (χ3n) is 4.28. The second-order valence-corrected chi connectivity index (χ2v) is 8.11. The molecular weight excluding hydrogens is 380 g/mol. The van der Waals surface area contributed by atoms with Crippen molar-refractivity contribution in [3.63, 3.8) is 0 Å². The predicted molar refractivity (Wildman–Crippen MR) is 121 cm³/mol. The minimum absolute atomic E-state index is 0.0610. The number of amides is 2. The van der Waals surface area contributed by atoms with Gasteiger partial charge in [0.15, 0.2) is 0 Å². The Labute approximate surface area is 175 Å². The van der Waals surface area contributed by atoms with Gasteiger partial charge in [-0.15, -0.1) is 11.8 Å². The Hall–Kier alpha value is -3.05. The summed E-state index contributed by atoms with van der Waals surface area (Å²) in [5.41, 5.74) is 5.47. The van der Waals surface area contributed by atoms with E-state index in [1.54, 1.807) is 12.1 Å². The number of aryl methyl sites for hydroxylation is 3. The number of rotatable bonds is 6. The van der Waals surface area contributed by atoms with E-state index in [9.17, 15) is 9.59 Å². The normalized spacial score (nSPS) is 10.4. The summed E-state index contributed by atoms with van der Waals surface area (Å²) >= 11 is 1.43. The van der Waals surface area contributed by atoms with E-state index in [1.165, 1.54) is 11.8 Å². The van der Waals surface area contributed by atoms with Gasteiger partial charge < -0.3 is 10.6 Å². The second-order valence-electron chi connectivity index (χ2n) is 7.06. The van der Waals surface area contributed by atoms with Crippen molar-refractivity contribution in [1.29, 1.82) is 0 Å². The molecule has 0 aliphatic heterocycles. The van der Waals surface area contributed by atoms with Crippen molar-refractivity contribution in [1.82, 2.24) is 0 Å². The highest BCUT2D eigenvalue weighted by Gasteiger charge is 2.08. The van der Waals surface area contributed by atoms with Gasteiger partial charge in [-0.25, -0.2) is 0 Å². The third-order valence-corrected chi connectivity index (χ3v) is 5.27. The van der Waals surface area contributed by atoms with Crippen LogP contribution in [0.25, 0.3) is 0 Å². The van der Waals surface area contributed by atoms with Crippen molar-refractivity contribution in [2.24, 2.45) is 0 Å². The molecule has 4 nitrogen and oxygen atoms in total. The molecule has 0 saturated carbocycles. The fourth-order valence-electron chi connectivity index (χ4n) is 2.96. The van der Waals surface area contributed by atoms with Crippen LogP contribution < -0.4 is 10.6 Å². The Morgan fingerprint density at radius 1 is 0.759 bits per heavy atom. The molecule has 2 amide bonds. The van der Waals surface area contributed by atoms with E-state index in [2.05, 4.69) is 16.7 Å². The van der Waals surface area contributed by atoms with E-state index >= 15 is 0 Å². The van der Waals surface area contributed by atoms with Gasteiger partial charge in [0.05, 0.1) is 5.75 Å². The summed E-state index contributed by atoms with van der Waals surface area (Å²) < 4.78 is 0. The van der Waals surface area contributed by atoms with Gasteiger partial charge >= 0.3 is 0 Å². The summed E-state index contributed by atoms with van der Waals surface area (Å²) in [6.07, 6.45) is 0. The lowest BCUT2D eigenvalue weighted by Gasteiger charge is -2.09. The standard InChI is InChI=1S/C24H24N2O2S/c1-16-7-9-19(10-8-16)24(28)26-20-5-4-6-22(14-20)29-15-23(27)25-21-12-17(2)11-18(3)13-21/h4-14H,15H2,1-3H3,(H,25,27)(H,26,28). The van der Waals surface area contributed by atoms with Crippen LogP contribution >= 0.6 is 11.8 Å². The number of nitrogens with one attached hydrogen (secondary N) is 2. The van der Waals surface area contributed by atoms with E-state index in [0.29, 0.717) is 17.0 Å². The molecule has 0 bridgehead atoms. The Balaban J connectivity index is 1.57. The summed E-state index contributed by atoms with van der Waals surface area (Å²) in [7, 11) is 0. The average molecular weight is 405 g/mol. The maximum Gasteiger partial charge on any atom is 0.255 e. The number of hydrogen-bond donors (Lipinski definition) is 2. The monoisotopic (exact) mass is 404 g/mol. The second kappa shape index (κ2) is 9.43. The molecule has 2 N–H and O–H groups in total. The topological polar surface area (TPSA) is 58.2 Å². The number of anilines is 2. The molecule has 0 atom stereocenters. The molecule has 0 aromatic heterocycles. The molecule has 0 saturated heterocycles. The van der Waals surface area contributed by atoms with Crippen LogP contribution in [0.15, 0.2) is 71.6 Å². The average Bonchev–Trinajstić information content (AvgIpc) is 2.66. The van der Waals surface area contributed by atoms with Crippen LogP contribution in [0, 0.1) is 20.8 Å². The quantitative estimate of drug-likeness (QED) is 0.526. The molecule has 0 aliphatic carbocycles.